The number of carbonyl (C=O) groups excluding carboxylic acids is 2. The van der Waals surface area contributed by atoms with Crippen LogP contribution in [0.5, 0.6) is 0 Å². The van der Waals surface area contributed by atoms with Gasteiger partial charge in [0.1, 0.15) is 6.61 Å². The van der Waals surface area contributed by atoms with E-state index in [-0.39, 0.29) is 36.7 Å². The van der Waals surface area contributed by atoms with Gasteiger partial charge in [-0.15, -0.1) is 0 Å². The third-order valence-corrected chi connectivity index (χ3v) is 6.34. The number of benzene rings is 2. The van der Waals surface area contributed by atoms with Crippen molar-refractivity contribution in [1.82, 2.24) is 10.2 Å². The maximum Gasteiger partial charge on any atom is 0.407 e. The molecule has 2 N–H and O–H groups in total. The summed E-state index contributed by atoms with van der Waals surface area (Å²) in [6.07, 6.45) is 0.113. The molecule has 32 heavy (non-hydrogen) atoms. The lowest BCUT2D eigenvalue weighted by Gasteiger charge is -2.40. The lowest BCUT2D eigenvalue weighted by Crippen LogP contribution is -2.52. The number of alkyl carbamates (subject to hydrolysis) is 1. The van der Waals surface area contributed by atoms with Gasteiger partial charge >= 0.3 is 12.1 Å². The number of hydrogen-bond donors (Lipinski definition) is 2. The minimum Gasteiger partial charge on any atom is -0.481 e. The smallest absolute Gasteiger partial charge is 0.407 e. The molecule has 1 aliphatic carbocycles. The SMILES string of the molecule is CC(CCNC(=O)OCC1c2ccccc2-c2ccccc21)C(=O)N1CC(CC(=O)O)C1. The number of rotatable bonds is 8. The van der Waals surface area contributed by atoms with Crippen molar-refractivity contribution in [2.75, 3.05) is 26.2 Å². The minimum absolute atomic E-state index is 0.000903. The van der Waals surface area contributed by atoms with E-state index in [2.05, 4.69) is 29.6 Å². The molecule has 2 aromatic carbocycles. The van der Waals surface area contributed by atoms with Crippen molar-refractivity contribution in [3.05, 3.63) is 59.7 Å². The van der Waals surface area contributed by atoms with Crippen LogP contribution in [0, 0.1) is 11.8 Å². The van der Waals surface area contributed by atoms with Crippen molar-refractivity contribution in [2.45, 2.75) is 25.7 Å². The fraction of sp³-hybridized carbons (Fsp3) is 0.400. The molecule has 0 aromatic heterocycles. The first kappa shape index (κ1) is 21.9. The van der Waals surface area contributed by atoms with Crippen LogP contribution >= 0.6 is 0 Å². The molecular weight excluding hydrogens is 408 g/mol. The molecule has 1 unspecified atom stereocenters. The van der Waals surface area contributed by atoms with Gasteiger partial charge in [-0.25, -0.2) is 4.79 Å². The van der Waals surface area contributed by atoms with E-state index in [1.807, 2.05) is 31.2 Å². The summed E-state index contributed by atoms with van der Waals surface area (Å²) < 4.78 is 5.51. The Balaban J connectivity index is 1.21. The standard InChI is InChI=1S/C25H28N2O5/c1-16(24(30)27-13-17(14-27)12-23(28)29)10-11-26-25(31)32-15-22-20-8-4-2-6-18(20)19-7-3-5-9-21(19)22/h2-9,16-17,22H,10-15H2,1H3,(H,26,31)(H,28,29). The fourth-order valence-corrected chi connectivity index (χ4v) is 4.60. The molecule has 168 valence electrons. The van der Waals surface area contributed by atoms with Gasteiger partial charge in [-0.3, -0.25) is 9.59 Å². The normalized spacial score (nSPS) is 16.0. The van der Waals surface area contributed by atoms with Crippen LogP contribution in [0.2, 0.25) is 0 Å². The molecule has 2 amide bonds. The molecule has 7 heteroatoms. The maximum absolute atomic E-state index is 12.4. The average molecular weight is 437 g/mol. The van der Waals surface area contributed by atoms with Crippen molar-refractivity contribution in [2.24, 2.45) is 11.8 Å². The highest BCUT2D eigenvalue weighted by atomic mass is 16.5. The molecule has 1 aliphatic heterocycles. The molecule has 1 atom stereocenters. The lowest BCUT2D eigenvalue weighted by atomic mass is 9.94. The van der Waals surface area contributed by atoms with Gasteiger partial charge in [-0.05, 0) is 28.7 Å². The van der Waals surface area contributed by atoms with E-state index in [1.165, 1.54) is 11.1 Å². The number of carboxylic acids is 1. The quantitative estimate of drug-likeness (QED) is 0.661. The van der Waals surface area contributed by atoms with Crippen molar-refractivity contribution in [3.8, 4) is 11.1 Å². The number of amides is 2. The first-order chi connectivity index (χ1) is 15.4. The van der Waals surface area contributed by atoms with Crippen LogP contribution in [0.1, 0.15) is 36.8 Å². The molecule has 1 fully saturated rings. The number of aliphatic carboxylic acids is 1. The first-order valence-corrected chi connectivity index (χ1v) is 11.0. The molecule has 4 rings (SSSR count). The van der Waals surface area contributed by atoms with Gasteiger partial charge in [0.25, 0.3) is 0 Å². The number of ether oxygens (including phenoxy) is 1. The Hall–Kier alpha value is -3.35. The Bertz CT molecular complexity index is 969. The molecule has 1 saturated heterocycles. The summed E-state index contributed by atoms with van der Waals surface area (Å²) in [5.74, 6) is -1.01. The highest BCUT2D eigenvalue weighted by Crippen LogP contribution is 2.44. The predicted octanol–water partition coefficient (Wildman–Crippen LogP) is 3.48. The van der Waals surface area contributed by atoms with Crippen LogP contribution in [0.25, 0.3) is 11.1 Å². The van der Waals surface area contributed by atoms with Crippen LogP contribution < -0.4 is 5.32 Å². The number of carboxylic acid groups (broad SMARTS) is 1. The van der Waals surface area contributed by atoms with Gasteiger partial charge in [0.05, 0.1) is 6.42 Å². The first-order valence-electron chi connectivity index (χ1n) is 11.0. The molecule has 0 spiro atoms. The van der Waals surface area contributed by atoms with Gasteiger partial charge in [-0.2, -0.15) is 0 Å². The number of likely N-dealkylation sites (tertiary alicyclic amines) is 1. The number of nitrogens with zero attached hydrogens (tertiary/aromatic N) is 1. The van der Waals surface area contributed by atoms with Gasteiger partial charge in [0.2, 0.25) is 5.91 Å². The molecular formula is C25H28N2O5. The molecule has 2 aromatic rings. The van der Waals surface area contributed by atoms with Gasteiger partial charge in [-0.1, -0.05) is 55.5 Å². The zero-order valence-electron chi connectivity index (χ0n) is 18.1. The zero-order valence-corrected chi connectivity index (χ0v) is 18.1. The zero-order chi connectivity index (χ0) is 22.7. The number of hydrogen-bond acceptors (Lipinski definition) is 4. The van der Waals surface area contributed by atoms with Crippen molar-refractivity contribution >= 4 is 18.0 Å². The van der Waals surface area contributed by atoms with Crippen molar-refractivity contribution < 1.29 is 24.2 Å². The molecule has 1 heterocycles. The largest absolute Gasteiger partial charge is 0.481 e. The Kier molecular flexibility index (Phi) is 6.44. The van der Waals surface area contributed by atoms with E-state index in [9.17, 15) is 14.4 Å². The van der Waals surface area contributed by atoms with Crippen LogP contribution in [-0.4, -0.2) is 54.2 Å². The van der Waals surface area contributed by atoms with Crippen LogP contribution in [0.4, 0.5) is 4.79 Å². The van der Waals surface area contributed by atoms with Crippen LogP contribution in [0.15, 0.2) is 48.5 Å². The molecule has 7 nitrogen and oxygen atoms in total. The van der Waals surface area contributed by atoms with Crippen molar-refractivity contribution in [1.29, 1.82) is 0 Å². The summed E-state index contributed by atoms with van der Waals surface area (Å²) >= 11 is 0. The monoisotopic (exact) mass is 436 g/mol. The van der Waals surface area contributed by atoms with Gasteiger partial charge in [0.15, 0.2) is 0 Å². The highest BCUT2D eigenvalue weighted by molar-refractivity contribution is 5.80. The van der Waals surface area contributed by atoms with E-state index in [0.717, 1.165) is 11.1 Å². The van der Waals surface area contributed by atoms with Crippen molar-refractivity contribution in [3.63, 3.8) is 0 Å². The molecule has 0 saturated carbocycles. The maximum atomic E-state index is 12.4. The number of carbonyl (C=O) groups is 3. The Morgan fingerprint density at radius 3 is 2.25 bits per heavy atom. The summed E-state index contributed by atoms with van der Waals surface area (Å²) in [5, 5.41) is 11.5. The Morgan fingerprint density at radius 1 is 1.06 bits per heavy atom. The van der Waals surface area contributed by atoms with Crippen LogP contribution in [-0.2, 0) is 14.3 Å². The molecule has 0 bridgehead atoms. The third-order valence-electron chi connectivity index (χ3n) is 6.34. The van der Waals surface area contributed by atoms with E-state index in [0.29, 0.717) is 26.1 Å². The summed E-state index contributed by atoms with van der Waals surface area (Å²) in [6.45, 7) is 3.42. The fourth-order valence-electron chi connectivity index (χ4n) is 4.60. The number of fused-ring (bicyclic) bond motifs is 3. The Morgan fingerprint density at radius 2 is 1.66 bits per heavy atom. The van der Waals surface area contributed by atoms with E-state index in [1.54, 1.807) is 4.90 Å². The van der Waals surface area contributed by atoms with Gasteiger partial charge in [0, 0.05) is 37.4 Å². The average Bonchev–Trinajstić information content (AvgIpc) is 3.07. The number of nitrogens with one attached hydrogen (secondary N) is 1. The van der Waals surface area contributed by atoms with Crippen LogP contribution in [0.3, 0.4) is 0 Å². The summed E-state index contributed by atoms with van der Waals surface area (Å²) in [4.78, 5) is 37.0. The highest BCUT2D eigenvalue weighted by Gasteiger charge is 2.34. The van der Waals surface area contributed by atoms with Gasteiger partial charge < -0.3 is 20.1 Å². The van der Waals surface area contributed by atoms with E-state index < -0.39 is 12.1 Å². The second-order valence-corrected chi connectivity index (χ2v) is 8.65. The summed E-state index contributed by atoms with van der Waals surface area (Å²) in [6, 6.07) is 16.4. The topological polar surface area (TPSA) is 95.9 Å². The second-order valence-electron chi connectivity index (χ2n) is 8.65. The lowest BCUT2D eigenvalue weighted by molar-refractivity contribution is -0.147. The second kappa shape index (κ2) is 9.42. The van der Waals surface area contributed by atoms with E-state index in [4.69, 9.17) is 9.84 Å². The molecule has 2 aliphatic rings. The Labute approximate surface area is 187 Å². The van der Waals surface area contributed by atoms with E-state index >= 15 is 0 Å². The predicted molar refractivity (Wildman–Crippen MR) is 119 cm³/mol. The third kappa shape index (κ3) is 4.61. The summed E-state index contributed by atoms with van der Waals surface area (Å²) in [7, 11) is 0. The molecule has 0 radical (unpaired) electrons. The summed E-state index contributed by atoms with van der Waals surface area (Å²) in [5.41, 5.74) is 4.69. The minimum atomic E-state index is -0.831.